The molecule has 104 valence electrons. The van der Waals surface area contributed by atoms with Crippen LogP contribution in [0.4, 0.5) is 0 Å². The van der Waals surface area contributed by atoms with Crippen LogP contribution >= 0.6 is 43.2 Å². The summed E-state index contributed by atoms with van der Waals surface area (Å²) in [6.07, 6.45) is 0. The van der Waals surface area contributed by atoms with Crippen LogP contribution < -0.4 is 0 Å². The van der Waals surface area contributed by atoms with Crippen molar-refractivity contribution in [2.45, 2.75) is 19.6 Å². The Morgan fingerprint density at radius 2 is 0.682 bits per heavy atom. The highest BCUT2D eigenvalue weighted by Crippen LogP contribution is 2.65. The SMILES string of the molecule is c1ccc2c3c4c(c5ccccc5c5c4c(c2c1)SS5)SS3. The molecule has 0 fully saturated rings. The number of benzene rings is 4. The summed E-state index contributed by atoms with van der Waals surface area (Å²) in [5.41, 5.74) is 0. The van der Waals surface area contributed by atoms with E-state index in [1.165, 1.54) is 51.9 Å². The zero-order valence-electron chi connectivity index (χ0n) is 11.3. The van der Waals surface area contributed by atoms with Crippen LogP contribution in [0.25, 0.3) is 32.3 Å². The van der Waals surface area contributed by atoms with E-state index < -0.39 is 0 Å². The zero-order chi connectivity index (χ0) is 14.3. The van der Waals surface area contributed by atoms with Crippen LogP contribution in [0.15, 0.2) is 68.1 Å². The van der Waals surface area contributed by atoms with Crippen LogP contribution in [0, 0.1) is 0 Å². The summed E-state index contributed by atoms with van der Waals surface area (Å²) >= 11 is 0. The van der Waals surface area contributed by atoms with Gasteiger partial charge in [0.1, 0.15) is 0 Å². The molecule has 4 aromatic carbocycles. The van der Waals surface area contributed by atoms with Gasteiger partial charge in [-0.2, -0.15) is 0 Å². The van der Waals surface area contributed by atoms with Crippen molar-refractivity contribution in [3.8, 4) is 0 Å². The largest absolute Gasteiger partial charge is 0.0616 e. The molecule has 0 N–H and O–H groups in total. The van der Waals surface area contributed by atoms with Gasteiger partial charge in [-0.25, -0.2) is 0 Å². The fourth-order valence-corrected chi connectivity index (χ4v) is 9.23. The molecule has 2 aliphatic rings. The maximum atomic E-state index is 2.28. The van der Waals surface area contributed by atoms with Gasteiger partial charge in [0.25, 0.3) is 0 Å². The molecule has 0 unspecified atom stereocenters. The third kappa shape index (κ3) is 1.38. The second kappa shape index (κ2) is 4.32. The van der Waals surface area contributed by atoms with Crippen molar-refractivity contribution in [1.82, 2.24) is 0 Å². The second-order valence-corrected chi connectivity index (χ2v) is 9.79. The molecule has 0 aromatic heterocycles. The molecular formula is C18H8S4. The third-order valence-corrected chi connectivity index (χ3v) is 9.44. The minimum atomic E-state index is 1.41. The van der Waals surface area contributed by atoms with Crippen LogP contribution in [0.1, 0.15) is 0 Å². The smallest absolute Gasteiger partial charge is 0.0356 e. The molecule has 22 heavy (non-hydrogen) atoms. The molecule has 0 spiro atoms. The molecule has 0 saturated carbocycles. The Morgan fingerprint density at radius 3 is 0.955 bits per heavy atom. The van der Waals surface area contributed by atoms with Crippen LogP contribution in [0.5, 0.6) is 0 Å². The summed E-state index contributed by atoms with van der Waals surface area (Å²) in [6, 6.07) is 17.8. The lowest BCUT2D eigenvalue weighted by molar-refractivity contribution is 1.46. The Morgan fingerprint density at radius 1 is 0.409 bits per heavy atom. The normalized spacial score (nSPS) is 15.5. The van der Waals surface area contributed by atoms with Gasteiger partial charge in [0.05, 0.1) is 0 Å². The fourth-order valence-electron chi connectivity index (χ4n) is 3.47. The first-order valence-corrected chi connectivity index (χ1v) is 11.4. The van der Waals surface area contributed by atoms with Crippen molar-refractivity contribution in [3.05, 3.63) is 48.5 Å². The molecule has 4 heteroatoms. The lowest BCUT2D eigenvalue weighted by Gasteiger charge is -2.10. The molecule has 0 atom stereocenters. The second-order valence-electron chi connectivity index (χ2n) is 5.49. The summed E-state index contributed by atoms with van der Waals surface area (Å²) in [7, 11) is 7.74. The van der Waals surface area contributed by atoms with E-state index in [0.717, 1.165) is 0 Å². The van der Waals surface area contributed by atoms with Crippen molar-refractivity contribution >= 4 is 75.5 Å². The van der Waals surface area contributed by atoms with Gasteiger partial charge in [0.2, 0.25) is 0 Å². The predicted molar refractivity (Wildman–Crippen MR) is 102 cm³/mol. The summed E-state index contributed by atoms with van der Waals surface area (Å²) in [4.78, 5) is 5.85. The van der Waals surface area contributed by atoms with E-state index in [9.17, 15) is 0 Å². The number of hydrogen-bond donors (Lipinski definition) is 0. The molecule has 2 aliphatic heterocycles. The predicted octanol–water partition coefficient (Wildman–Crippen LogP) is 7.37. The van der Waals surface area contributed by atoms with Crippen molar-refractivity contribution < 1.29 is 0 Å². The molecule has 4 aromatic rings. The van der Waals surface area contributed by atoms with Gasteiger partial charge >= 0.3 is 0 Å². The van der Waals surface area contributed by atoms with Crippen molar-refractivity contribution in [2.24, 2.45) is 0 Å². The minimum Gasteiger partial charge on any atom is -0.0616 e. The van der Waals surface area contributed by atoms with Crippen molar-refractivity contribution in [3.63, 3.8) is 0 Å². The number of hydrogen-bond acceptors (Lipinski definition) is 4. The van der Waals surface area contributed by atoms with Crippen LogP contribution in [0.2, 0.25) is 0 Å². The van der Waals surface area contributed by atoms with Crippen LogP contribution in [-0.4, -0.2) is 0 Å². The standard InChI is InChI=1S/C18H8S4/c1-2-6-10-9(5-1)15-13-14-16(10)20-22-18(14)12-8-4-3-7-11(12)17(13)21-19-15/h1-8H. The molecule has 0 saturated heterocycles. The quantitative estimate of drug-likeness (QED) is 0.239. The molecule has 0 bridgehead atoms. The van der Waals surface area contributed by atoms with Gasteiger partial charge in [0.15, 0.2) is 0 Å². The Kier molecular flexibility index (Phi) is 2.45. The fraction of sp³-hybridized carbons (Fsp3) is 0. The third-order valence-electron chi connectivity index (χ3n) is 4.41. The van der Waals surface area contributed by atoms with Gasteiger partial charge in [-0.1, -0.05) is 91.7 Å². The molecule has 6 rings (SSSR count). The Hall–Kier alpha value is -0.940. The molecule has 0 radical (unpaired) electrons. The molecule has 0 nitrogen and oxygen atoms in total. The van der Waals surface area contributed by atoms with E-state index >= 15 is 0 Å². The average Bonchev–Trinajstić information content (AvgIpc) is 3.19. The topological polar surface area (TPSA) is 0 Å². The van der Waals surface area contributed by atoms with Gasteiger partial charge in [-0.15, -0.1) is 0 Å². The molecular weight excluding hydrogens is 344 g/mol. The summed E-state index contributed by atoms with van der Waals surface area (Å²) in [5, 5.41) is 8.65. The Labute approximate surface area is 143 Å². The summed E-state index contributed by atoms with van der Waals surface area (Å²) in [5.74, 6) is 0. The monoisotopic (exact) mass is 352 g/mol. The highest BCUT2D eigenvalue weighted by Gasteiger charge is 2.30. The van der Waals surface area contributed by atoms with E-state index in [1.54, 1.807) is 0 Å². The van der Waals surface area contributed by atoms with Crippen molar-refractivity contribution in [2.75, 3.05) is 0 Å². The molecule has 2 heterocycles. The first-order valence-electron chi connectivity index (χ1n) is 7.05. The van der Waals surface area contributed by atoms with E-state index in [1.807, 2.05) is 43.2 Å². The van der Waals surface area contributed by atoms with Gasteiger partial charge in [-0.3, -0.25) is 0 Å². The lowest BCUT2D eigenvalue weighted by atomic mass is 9.99. The lowest BCUT2D eigenvalue weighted by Crippen LogP contribution is -1.85. The number of fused-ring (bicyclic) bond motifs is 6. The van der Waals surface area contributed by atoms with Crippen LogP contribution in [-0.2, 0) is 0 Å². The number of rotatable bonds is 0. The van der Waals surface area contributed by atoms with E-state index in [2.05, 4.69) is 48.5 Å². The van der Waals surface area contributed by atoms with Gasteiger partial charge in [-0.05, 0) is 21.5 Å². The summed E-state index contributed by atoms with van der Waals surface area (Å²) in [6.45, 7) is 0. The van der Waals surface area contributed by atoms with E-state index in [4.69, 9.17) is 0 Å². The highest BCUT2D eigenvalue weighted by molar-refractivity contribution is 8.78. The molecule has 0 amide bonds. The molecule has 0 aliphatic carbocycles. The maximum Gasteiger partial charge on any atom is 0.0356 e. The first kappa shape index (κ1) is 12.5. The first-order chi connectivity index (χ1) is 10.9. The minimum absolute atomic E-state index is 1.41. The summed E-state index contributed by atoms with van der Waals surface area (Å²) < 4.78 is 0. The highest BCUT2D eigenvalue weighted by atomic mass is 33.1. The van der Waals surface area contributed by atoms with E-state index in [0.29, 0.717) is 0 Å². The van der Waals surface area contributed by atoms with Crippen LogP contribution in [0.3, 0.4) is 0 Å². The zero-order valence-corrected chi connectivity index (χ0v) is 14.5. The van der Waals surface area contributed by atoms with Gasteiger partial charge in [0, 0.05) is 30.4 Å². The van der Waals surface area contributed by atoms with Crippen molar-refractivity contribution in [1.29, 1.82) is 0 Å². The maximum absolute atomic E-state index is 2.28. The Bertz CT molecular complexity index is 955. The Balaban J connectivity index is 2.03. The average molecular weight is 353 g/mol. The van der Waals surface area contributed by atoms with Gasteiger partial charge < -0.3 is 0 Å². The van der Waals surface area contributed by atoms with E-state index in [-0.39, 0.29) is 0 Å².